The van der Waals surface area contributed by atoms with Crippen molar-refractivity contribution in [2.45, 2.75) is 19.8 Å². The van der Waals surface area contributed by atoms with Crippen LogP contribution >= 0.6 is 0 Å². The Labute approximate surface area is 221 Å². The summed E-state index contributed by atoms with van der Waals surface area (Å²) in [7, 11) is 0. The van der Waals surface area contributed by atoms with Crippen molar-refractivity contribution in [1.82, 2.24) is 20.2 Å². The molecule has 1 aliphatic heterocycles. The Hall–Kier alpha value is -4.73. The summed E-state index contributed by atoms with van der Waals surface area (Å²) in [5.41, 5.74) is 10.4. The van der Waals surface area contributed by atoms with Crippen LogP contribution in [0.5, 0.6) is 0 Å². The maximum absolute atomic E-state index is 12.5. The Morgan fingerprint density at radius 1 is 1.11 bits per heavy atom. The average Bonchev–Trinajstić information content (AvgIpc) is 2.94. The fourth-order valence-corrected chi connectivity index (χ4v) is 4.00. The van der Waals surface area contributed by atoms with Crippen LogP contribution in [0.15, 0.2) is 78.2 Å². The van der Waals surface area contributed by atoms with Crippen molar-refractivity contribution in [3.8, 4) is 0 Å². The molecule has 0 unspecified atom stereocenters. The van der Waals surface area contributed by atoms with E-state index in [0.29, 0.717) is 49.7 Å². The molecule has 3 heterocycles. The maximum atomic E-state index is 12.5. The van der Waals surface area contributed by atoms with Crippen LogP contribution in [0.1, 0.15) is 34.8 Å². The molecule has 2 aromatic heterocycles. The van der Waals surface area contributed by atoms with Gasteiger partial charge in [-0.25, -0.2) is 9.78 Å². The molecular weight excluding hydrogens is 482 g/mol. The van der Waals surface area contributed by atoms with Gasteiger partial charge in [-0.3, -0.25) is 9.78 Å². The number of hydrogen-bond donors (Lipinski definition) is 3. The number of carbonyl (C=O) groups is 2. The van der Waals surface area contributed by atoms with Crippen LogP contribution in [0, 0.1) is 0 Å². The lowest BCUT2D eigenvalue weighted by Gasteiger charge is -2.26. The molecule has 196 valence electrons. The predicted molar refractivity (Wildman–Crippen MR) is 147 cm³/mol. The molecular formula is C28H31N7O3. The summed E-state index contributed by atoms with van der Waals surface area (Å²) in [4.78, 5) is 39.0. The molecule has 0 aliphatic carbocycles. The molecule has 1 aliphatic rings. The molecule has 38 heavy (non-hydrogen) atoms. The van der Waals surface area contributed by atoms with Gasteiger partial charge in [-0.05, 0) is 79.4 Å². The topological polar surface area (TPSA) is 135 Å². The highest BCUT2D eigenvalue weighted by Crippen LogP contribution is 2.29. The second-order valence-electron chi connectivity index (χ2n) is 8.56. The summed E-state index contributed by atoms with van der Waals surface area (Å²) in [6, 6.07) is 14.6. The van der Waals surface area contributed by atoms with E-state index in [2.05, 4.69) is 25.6 Å². The van der Waals surface area contributed by atoms with Crippen LogP contribution in [-0.4, -0.2) is 59.1 Å². The quantitative estimate of drug-likeness (QED) is 0.308. The fourth-order valence-electron chi connectivity index (χ4n) is 4.00. The van der Waals surface area contributed by atoms with Crippen LogP contribution in [-0.2, 0) is 11.2 Å². The van der Waals surface area contributed by atoms with E-state index >= 15 is 0 Å². The molecule has 10 nitrogen and oxygen atoms in total. The molecule has 4 N–H and O–H groups in total. The lowest BCUT2D eigenvalue weighted by molar-refractivity contribution is 0.0953. The van der Waals surface area contributed by atoms with E-state index in [1.807, 2.05) is 30.3 Å². The largest absolute Gasteiger partial charge is 0.450 e. The van der Waals surface area contributed by atoms with Crippen LogP contribution in [0.3, 0.4) is 0 Å². The predicted octanol–water partition coefficient (Wildman–Crippen LogP) is 3.75. The van der Waals surface area contributed by atoms with Crippen molar-refractivity contribution in [3.05, 3.63) is 89.9 Å². The summed E-state index contributed by atoms with van der Waals surface area (Å²) in [5.74, 6) is 0.509. The summed E-state index contributed by atoms with van der Waals surface area (Å²) >= 11 is 0. The number of aromatic nitrogens is 2. The number of pyridine rings is 2. The zero-order valence-electron chi connectivity index (χ0n) is 21.3. The highest BCUT2D eigenvalue weighted by molar-refractivity contribution is 5.97. The maximum Gasteiger partial charge on any atom is 0.410 e. The van der Waals surface area contributed by atoms with E-state index in [0.717, 1.165) is 23.1 Å². The molecule has 2 amide bonds. The van der Waals surface area contributed by atoms with Gasteiger partial charge in [0.05, 0.1) is 6.61 Å². The number of nitrogens with two attached hydrogens (primary N) is 1. The Kier molecular flexibility index (Phi) is 9.01. The third-order valence-electron chi connectivity index (χ3n) is 5.96. The number of amides is 2. The van der Waals surface area contributed by atoms with Crippen molar-refractivity contribution >= 4 is 35.0 Å². The zero-order chi connectivity index (χ0) is 26.7. The monoisotopic (exact) mass is 513 g/mol. The van der Waals surface area contributed by atoms with E-state index in [9.17, 15) is 9.59 Å². The van der Waals surface area contributed by atoms with E-state index in [1.165, 1.54) is 0 Å². The normalized spacial score (nSPS) is 13.4. The van der Waals surface area contributed by atoms with Gasteiger partial charge in [-0.15, -0.1) is 0 Å². The van der Waals surface area contributed by atoms with Gasteiger partial charge in [-0.2, -0.15) is 4.99 Å². The molecule has 10 heteroatoms. The first-order valence-electron chi connectivity index (χ1n) is 12.5. The molecule has 0 radical (unpaired) electrons. The first-order valence-corrected chi connectivity index (χ1v) is 12.5. The lowest BCUT2D eigenvalue weighted by Crippen LogP contribution is -2.35. The van der Waals surface area contributed by atoms with E-state index in [-0.39, 0.29) is 18.0 Å². The van der Waals surface area contributed by atoms with Crippen molar-refractivity contribution in [2.75, 3.05) is 31.6 Å². The molecule has 4 rings (SSSR count). The highest BCUT2D eigenvalue weighted by Gasteiger charge is 2.20. The van der Waals surface area contributed by atoms with Crippen LogP contribution in [0.2, 0.25) is 0 Å². The first kappa shape index (κ1) is 26.3. The minimum atomic E-state index is -0.311. The second kappa shape index (κ2) is 13.0. The molecule has 1 aromatic carbocycles. The van der Waals surface area contributed by atoms with Gasteiger partial charge >= 0.3 is 6.09 Å². The average molecular weight is 514 g/mol. The van der Waals surface area contributed by atoms with E-state index in [4.69, 9.17) is 10.5 Å². The molecule has 3 aromatic rings. The molecule has 0 bridgehead atoms. The molecule has 0 saturated carbocycles. The summed E-state index contributed by atoms with van der Waals surface area (Å²) < 4.78 is 5.08. The number of rotatable bonds is 8. The lowest BCUT2D eigenvalue weighted by atomic mass is 10.0. The second-order valence-corrected chi connectivity index (χ2v) is 8.56. The van der Waals surface area contributed by atoms with Crippen molar-refractivity contribution < 1.29 is 14.3 Å². The van der Waals surface area contributed by atoms with Gasteiger partial charge in [0, 0.05) is 55.0 Å². The number of hydrogen-bond acceptors (Lipinski definition) is 6. The number of anilines is 1. The van der Waals surface area contributed by atoms with Gasteiger partial charge < -0.3 is 26.0 Å². The van der Waals surface area contributed by atoms with Gasteiger partial charge in [0.2, 0.25) is 0 Å². The van der Waals surface area contributed by atoms with Crippen LogP contribution in [0.25, 0.3) is 5.57 Å². The number of benzene rings is 1. The standard InChI is InChI=1S/C28H31N7O3/c1-2-38-28(37)35-18-12-21(13-19-35)24-4-3-14-31-25(24)34-27(29)33-23-7-5-22(6-8-23)26(36)32-17-11-20-9-15-30-16-10-20/h3-10,12,14-16H,2,11,13,17-19H2,1H3,(H,32,36)(H3,29,31,33,34). The Bertz CT molecular complexity index is 1310. The minimum absolute atomic E-state index is 0.146. The minimum Gasteiger partial charge on any atom is -0.450 e. The number of guanidine groups is 1. The Morgan fingerprint density at radius 3 is 2.61 bits per heavy atom. The van der Waals surface area contributed by atoms with Crippen molar-refractivity contribution in [3.63, 3.8) is 0 Å². The fraction of sp³-hybridized carbons (Fsp3) is 0.250. The number of carbonyl (C=O) groups excluding carboxylic acids is 2. The van der Waals surface area contributed by atoms with Gasteiger partial charge in [0.1, 0.15) is 0 Å². The third-order valence-corrected chi connectivity index (χ3v) is 5.96. The molecule has 0 spiro atoms. The van der Waals surface area contributed by atoms with Gasteiger partial charge in [0.15, 0.2) is 11.8 Å². The van der Waals surface area contributed by atoms with Crippen LogP contribution in [0.4, 0.5) is 16.3 Å². The first-order chi connectivity index (χ1) is 18.5. The number of nitrogens with zero attached hydrogens (tertiary/aromatic N) is 4. The highest BCUT2D eigenvalue weighted by atomic mass is 16.6. The van der Waals surface area contributed by atoms with Crippen LogP contribution < -0.4 is 16.4 Å². The summed E-state index contributed by atoms with van der Waals surface area (Å²) in [5, 5.41) is 5.97. The number of nitrogens with one attached hydrogen (secondary N) is 2. The Morgan fingerprint density at radius 2 is 1.89 bits per heavy atom. The molecule has 0 atom stereocenters. The van der Waals surface area contributed by atoms with E-state index in [1.54, 1.807) is 54.7 Å². The SMILES string of the molecule is CCOC(=O)N1CC=C(c2cccnc2N=C(N)Nc2ccc(C(=O)NCCc3ccncc3)cc2)CC1. The number of aliphatic imine (C=N–C) groups is 1. The van der Waals surface area contributed by atoms with Crippen molar-refractivity contribution in [1.29, 1.82) is 0 Å². The molecule has 0 fully saturated rings. The summed E-state index contributed by atoms with van der Waals surface area (Å²) in [6.07, 6.45) is 8.20. The van der Waals surface area contributed by atoms with Crippen molar-refractivity contribution in [2.24, 2.45) is 10.7 Å². The zero-order valence-corrected chi connectivity index (χ0v) is 21.3. The van der Waals surface area contributed by atoms with Gasteiger partial charge in [-0.1, -0.05) is 6.08 Å². The van der Waals surface area contributed by atoms with Gasteiger partial charge in [0.25, 0.3) is 5.91 Å². The summed E-state index contributed by atoms with van der Waals surface area (Å²) in [6.45, 7) is 3.69. The Balaban J connectivity index is 1.35. The molecule has 0 saturated heterocycles. The van der Waals surface area contributed by atoms with E-state index < -0.39 is 0 Å². The number of ether oxygens (including phenoxy) is 1. The smallest absolute Gasteiger partial charge is 0.410 e. The third kappa shape index (κ3) is 7.16.